The zero-order valence-corrected chi connectivity index (χ0v) is 40.9. The van der Waals surface area contributed by atoms with E-state index in [-0.39, 0.29) is 0 Å². The number of allylic oxidation sites excluding steroid dienone is 1. The summed E-state index contributed by atoms with van der Waals surface area (Å²) < 4.78 is 0. The Morgan fingerprint density at radius 1 is 0.324 bits per heavy atom. The standard InChI is InChI=1S/2C19H16.C16H10O.C9H8.2C2H6/c2*1-12(2)16-10-8-15-7-6-13-4-3-5-14-9-11-17(16)19(15)18(13)14;17-14-9-7-12-5-4-10-2-1-3-11-6-8-13(14)16(12)15(10)11;1-2-5-9-7-3-6-8(9)4-1;2*1-2/h2*3-12H,1-2H3;1-9,17H;1-6H,7H2;2*1-2H3. The van der Waals surface area contributed by atoms with Crippen LogP contribution in [0, 0.1) is 0 Å². The SMILES string of the molecule is C1=Cc2ccccc2C1.CC.CC.CC(C)c1ccc2ccc3cccc4ccc1c2c34.CC(C)c1ccc2ccc3cccc4ccc1c2c34.Oc1ccc2ccc3cccc4ccc1c2c34. The van der Waals surface area contributed by atoms with Gasteiger partial charge in [-0.2, -0.15) is 0 Å². The zero-order chi connectivity index (χ0) is 47.5. The molecule has 1 aliphatic carbocycles. The van der Waals surface area contributed by atoms with E-state index in [0.717, 1.165) is 11.8 Å². The van der Waals surface area contributed by atoms with E-state index < -0.39 is 0 Å². The molecule has 0 aliphatic heterocycles. The lowest BCUT2D eigenvalue weighted by Gasteiger charge is -2.15. The molecule has 1 heteroatoms. The zero-order valence-electron chi connectivity index (χ0n) is 40.9. The molecule has 13 aromatic carbocycles. The average molecular weight is 883 g/mol. The molecule has 13 aromatic rings. The van der Waals surface area contributed by atoms with Crippen molar-refractivity contribution in [3.8, 4) is 5.75 Å². The smallest absolute Gasteiger partial charge is 0.123 e. The third-order valence-electron chi connectivity index (χ3n) is 13.6. The Kier molecular flexibility index (Phi) is 13.3. The molecule has 0 saturated carbocycles. The van der Waals surface area contributed by atoms with Gasteiger partial charge < -0.3 is 5.11 Å². The Hall–Kier alpha value is -7.48. The number of phenolic OH excluding ortho intramolecular Hbond substituents is 1. The highest BCUT2D eigenvalue weighted by molar-refractivity contribution is 6.26. The minimum absolute atomic E-state index is 0.357. The molecule has 68 heavy (non-hydrogen) atoms. The third-order valence-corrected chi connectivity index (χ3v) is 13.6. The van der Waals surface area contributed by atoms with Gasteiger partial charge in [-0.15, -0.1) is 0 Å². The van der Waals surface area contributed by atoms with E-state index in [1.807, 2.05) is 39.8 Å². The predicted octanol–water partition coefficient (Wildman–Crippen LogP) is 20.0. The fourth-order valence-electron chi connectivity index (χ4n) is 10.4. The van der Waals surface area contributed by atoms with Crippen molar-refractivity contribution < 1.29 is 5.11 Å². The maximum Gasteiger partial charge on any atom is 0.123 e. The molecule has 0 saturated heterocycles. The molecular weight excluding hydrogens is 821 g/mol. The first-order chi connectivity index (χ1) is 33.3. The van der Waals surface area contributed by atoms with Crippen LogP contribution in [0.25, 0.3) is 103 Å². The monoisotopic (exact) mass is 882 g/mol. The fraction of sp³-hybridized carbons (Fsp3) is 0.164. The molecule has 1 nitrogen and oxygen atoms in total. The van der Waals surface area contributed by atoms with Gasteiger partial charge in [0, 0.05) is 10.8 Å². The second-order valence-corrected chi connectivity index (χ2v) is 18.1. The topological polar surface area (TPSA) is 20.2 Å². The van der Waals surface area contributed by atoms with E-state index in [2.05, 4.69) is 210 Å². The Balaban J connectivity index is 0.000000113. The minimum Gasteiger partial charge on any atom is -0.507 e. The lowest BCUT2D eigenvalue weighted by molar-refractivity contribution is 0.482. The van der Waals surface area contributed by atoms with Crippen LogP contribution < -0.4 is 0 Å². The van der Waals surface area contributed by atoms with Crippen LogP contribution in [0.15, 0.2) is 194 Å². The molecule has 0 radical (unpaired) electrons. The van der Waals surface area contributed by atoms with E-state index in [9.17, 15) is 5.11 Å². The summed E-state index contributed by atoms with van der Waals surface area (Å²) >= 11 is 0. The largest absolute Gasteiger partial charge is 0.507 e. The van der Waals surface area contributed by atoms with E-state index in [4.69, 9.17) is 0 Å². The molecular formula is C67H62O. The van der Waals surface area contributed by atoms with Crippen molar-refractivity contribution in [2.45, 2.75) is 73.6 Å². The summed E-state index contributed by atoms with van der Waals surface area (Å²) in [5, 5.41) is 33.5. The van der Waals surface area contributed by atoms with Crippen molar-refractivity contribution in [2.75, 3.05) is 0 Å². The molecule has 0 atom stereocenters. The summed E-state index contributed by atoms with van der Waals surface area (Å²) in [6.45, 7) is 17.1. The average Bonchev–Trinajstić information content (AvgIpc) is 3.88. The number of phenols is 1. The van der Waals surface area contributed by atoms with Gasteiger partial charge in [-0.05, 0) is 133 Å². The maximum atomic E-state index is 9.95. The highest BCUT2D eigenvalue weighted by atomic mass is 16.3. The van der Waals surface area contributed by atoms with Crippen LogP contribution in [0.5, 0.6) is 5.75 Å². The van der Waals surface area contributed by atoms with Gasteiger partial charge in [0.1, 0.15) is 5.75 Å². The Bertz CT molecular complexity index is 3630. The Labute approximate surface area is 402 Å². The van der Waals surface area contributed by atoms with Crippen molar-refractivity contribution in [1.82, 2.24) is 0 Å². The number of hydrogen-bond donors (Lipinski definition) is 1. The van der Waals surface area contributed by atoms with Gasteiger partial charge in [-0.1, -0.05) is 250 Å². The van der Waals surface area contributed by atoms with Crippen LogP contribution in [0.4, 0.5) is 0 Å². The highest BCUT2D eigenvalue weighted by Crippen LogP contribution is 2.40. The molecule has 0 bridgehead atoms. The summed E-state index contributed by atoms with van der Waals surface area (Å²) in [6.07, 6.45) is 5.50. The molecule has 14 rings (SSSR count). The van der Waals surface area contributed by atoms with Crippen LogP contribution in [0.3, 0.4) is 0 Å². The normalized spacial score (nSPS) is 11.7. The second kappa shape index (κ2) is 19.8. The van der Waals surface area contributed by atoms with Gasteiger partial charge in [-0.25, -0.2) is 0 Å². The molecule has 0 unspecified atom stereocenters. The van der Waals surface area contributed by atoms with Crippen molar-refractivity contribution in [3.63, 3.8) is 0 Å². The lowest BCUT2D eigenvalue weighted by atomic mass is 9.89. The molecule has 0 aromatic heterocycles. The molecule has 1 N–H and O–H groups in total. The van der Waals surface area contributed by atoms with Crippen LogP contribution in [0.1, 0.15) is 89.5 Å². The number of hydrogen-bond acceptors (Lipinski definition) is 1. The minimum atomic E-state index is 0.357. The van der Waals surface area contributed by atoms with Crippen molar-refractivity contribution in [1.29, 1.82) is 0 Å². The van der Waals surface area contributed by atoms with Gasteiger partial charge >= 0.3 is 0 Å². The van der Waals surface area contributed by atoms with E-state index in [1.165, 1.54) is 114 Å². The number of rotatable bonds is 2. The van der Waals surface area contributed by atoms with Gasteiger partial charge in [0.05, 0.1) is 0 Å². The van der Waals surface area contributed by atoms with Gasteiger partial charge in [0.25, 0.3) is 0 Å². The summed E-state index contributed by atoms with van der Waals surface area (Å²) in [7, 11) is 0. The molecule has 0 spiro atoms. The lowest BCUT2D eigenvalue weighted by Crippen LogP contribution is -1.91. The van der Waals surface area contributed by atoms with Crippen LogP contribution >= 0.6 is 0 Å². The fourth-order valence-corrected chi connectivity index (χ4v) is 10.4. The van der Waals surface area contributed by atoms with Gasteiger partial charge in [0.2, 0.25) is 0 Å². The number of aromatic hydroxyl groups is 1. The summed E-state index contributed by atoms with van der Waals surface area (Å²) in [5.41, 5.74) is 5.74. The first kappa shape index (κ1) is 45.7. The van der Waals surface area contributed by atoms with E-state index >= 15 is 0 Å². The van der Waals surface area contributed by atoms with Crippen LogP contribution in [0.2, 0.25) is 0 Å². The van der Waals surface area contributed by atoms with Crippen molar-refractivity contribution in [2.24, 2.45) is 0 Å². The molecule has 0 heterocycles. The Morgan fingerprint density at radius 2 is 0.647 bits per heavy atom. The predicted molar refractivity (Wildman–Crippen MR) is 302 cm³/mol. The second-order valence-electron chi connectivity index (χ2n) is 18.1. The van der Waals surface area contributed by atoms with Gasteiger partial charge in [-0.3, -0.25) is 0 Å². The van der Waals surface area contributed by atoms with E-state index in [0.29, 0.717) is 17.6 Å². The van der Waals surface area contributed by atoms with Crippen LogP contribution in [-0.2, 0) is 6.42 Å². The summed E-state index contributed by atoms with van der Waals surface area (Å²) in [5.74, 6) is 1.48. The quantitative estimate of drug-likeness (QED) is 0.172. The number of benzene rings is 13. The molecule has 1 aliphatic rings. The maximum absolute atomic E-state index is 9.95. The third kappa shape index (κ3) is 8.32. The first-order valence-corrected chi connectivity index (χ1v) is 24.7. The van der Waals surface area contributed by atoms with E-state index in [1.54, 1.807) is 6.07 Å². The summed E-state index contributed by atoms with van der Waals surface area (Å²) in [4.78, 5) is 0. The molecule has 336 valence electrons. The molecule has 0 amide bonds. The number of fused-ring (bicyclic) bond motifs is 1. The molecule has 0 fully saturated rings. The van der Waals surface area contributed by atoms with Crippen molar-refractivity contribution in [3.05, 3.63) is 216 Å². The van der Waals surface area contributed by atoms with Crippen LogP contribution in [-0.4, -0.2) is 5.11 Å². The Morgan fingerprint density at radius 3 is 1.04 bits per heavy atom. The van der Waals surface area contributed by atoms with Gasteiger partial charge in [0.15, 0.2) is 0 Å². The highest BCUT2D eigenvalue weighted by Gasteiger charge is 2.14. The first-order valence-electron chi connectivity index (χ1n) is 24.7. The summed E-state index contributed by atoms with van der Waals surface area (Å²) in [6, 6.07) is 67.2. The van der Waals surface area contributed by atoms with Crippen molar-refractivity contribution >= 4 is 103 Å².